The van der Waals surface area contributed by atoms with Gasteiger partial charge in [-0.2, -0.15) is 0 Å². The van der Waals surface area contributed by atoms with E-state index in [1.807, 2.05) is 36.9 Å². The first-order valence-electron chi connectivity index (χ1n) is 7.30. The van der Waals surface area contributed by atoms with Crippen molar-refractivity contribution in [3.63, 3.8) is 0 Å². The van der Waals surface area contributed by atoms with Gasteiger partial charge in [0, 0.05) is 25.9 Å². The Morgan fingerprint density at radius 2 is 2.05 bits per heavy atom. The van der Waals surface area contributed by atoms with Gasteiger partial charge in [-0.05, 0) is 19.8 Å². The highest BCUT2D eigenvalue weighted by molar-refractivity contribution is 14.1. The number of unbranched alkanes of at least 4 members (excludes halogenated alkanes) is 1. The van der Waals surface area contributed by atoms with Crippen molar-refractivity contribution >= 4 is 28.8 Å². The summed E-state index contributed by atoms with van der Waals surface area (Å²) in [4.78, 5) is 10.8. The molecular weight excluding hydrogens is 375 g/mol. The molecular formula is C14H27IO5. The van der Waals surface area contributed by atoms with Crippen LogP contribution >= 0.6 is 23.0 Å². The molecule has 1 rings (SSSR count). The Hall–Kier alpha value is 0.240. The molecule has 1 aliphatic heterocycles. The highest BCUT2D eigenvalue weighted by Gasteiger charge is 2.28. The molecule has 0 amide bonds. The minimum Gasteiger partial charge on any atom is -0.393 e. The van der Waals surface area contributed by atoms with Crippen LogP contribution in [-0.2, 0) is 17.3 Å². The molecule has 1 saturated heterocycles. The Bertz CT molecular complexity index is 250. The number of aliphatic hydroxyl groups is 1. The first-order valence-corrected chi connectivity index (χ1v) is 8.18. The second-order valence-electron chi connectivity index (χ2n) is 4.62. The van der Waals surface area contributed by atoms with Crippen LogP contribution in [0.3, 0.4) is 0 Å². The van der Waals surface area contributed by atoms with Gasteiger partial charge in [-0.15, -0.1) is 0 Å². The summed E-state index contributed by atoms with van der Waals surface area (Å²) in [6, 6.07) is 0. The monoisotopic (exact) mass is 402 g/mol. The van der Waals surface area contributed by atoms with Crippen molar-refractivity contribution in [2.45, 2.75) is 71.4 Å². The number of ketones is 1. The van der Waals surface area contributed by atoms with Gasteiger partial charge in [-0.3, -0.25) is 0 Å². The maximum absolute atomic E-state index is 10.8. The fraction of sp³-hybridized carbons (Fsp3) is 0.929. The van der Waals surface area contributed by atoms with Gasteiger partial charge >= 0.3 is 0 Å². The van der Waals surface area contributed by atoms with Gasteiger partial charge in [0.25, 0.3) is 0 Å². The van der Waals surface area contributed by atoms with Gasteiger partial charge in [-0.25, -0.2) is 0 Å². The summed E-state index contributed by atoms with van der Waals surface area (Å²) in [5, 5.41) is 9.69. The standard InChI is InChI=1S/C12H21IO5.C2H6/c1-9(14)4-2-3-5-16-12-7-10(15)6-11(18-12)8-17-13;1-2/h10-12,15H,2-8H2,1H3;1-2H3. The minimum atomic E-state index is -0.391. The van der Waals surface area contributed by atoms with Crippen LogP contribution in [0.25, 0.3) is 0 Å². The van der Waals surface area contributed by atoms with Crippen LogP contribution in [0, 0.1) is 0 Å². The zero-order valence-electron chi connectivity index (χ0n) is 12.6. The van der Waals surface area contributed by atoms with Crippen LogP contribution in [0.4, 0.5) is 0 Å². The van der Waals surface area contributed by atoms with Crippen LogP contribution < -0.4 is 0 Å². The maximum Gasteiger partial charge on any atom is 0.160 e. The topological polar surface area (TPSA) is 65.0 Å². The molecule has 1 N–H and O–H groups in total. The van der Waals surface area contributed by atoms with E-state index < -0.39 is 6.10 Å². The third-order valence-corrected chi connectivity index (χ3v) is 3.18. The van der Waals surface area contributed by atoms with E-state index in [4.69, 9.17) is 12.5 Å². The Morgan fingerprint density at radius 1 is 1.35 bits per heavy atom. The summed E-state index contributed by atoms with van der Waals surface area (Å²) in [6.07, 6.45) is 2.52. The zero-order valence-corrected chi connectivity index (χ0v) is 14.8. The third kappa shape index (κ3) is 10.0. The van der Waals surface area contributed by atoms with E-state index in [0.29, 0.717) is 32.5 Å². The molecule has 5 nitrogen and oxygen atoms in total. The van der Waals surface area contributed by atoms with Crippen LogP contribution in [0.2, 0.25) is 0 Å². The normalized spacial score (nSPS) is 25.8. The summed E-state index contributed by atoms with van der Waals surface area (Å²) < 4.78 is 16.2. The van der Waals surface area contributed by atoms with E-state index in [9.17, 15) is 9.90 Å². The average Bonchev–Trinajstić information content (AvgIpc) is 2.40. The quantitative estimate of drug-likeness (QED) is 0.500. The molecule has 0 aromatic rings. The van der Waals surface area contributed by atoms with Crippen molar-refractivity contribution in [2.75, 3.05) is 13.2 Å². The molecule has 3 unspecified atom stereocenters. The highest BCUT2D eigenvalue weighted by Crippen LogP contribution is 2.21. The Balaban J connectivity index is 0.00000172. The van der Waals surface area contributed by atoms with Crippen LogP contribution in [0.15, 0.2) is 0 Å². The molecule has 1 aliphatic rings. The number of carbonyl (C=O) groups excluding carboxylic acids is 1. The first kappa shape index (κ1) is 20.2. The molecule has 1 fully saturated rings. The lowest BCUT2D eigenvalue weighted by Crippen LogP contribution is -2.39. The van der Waals surface area contributed by atoms with Gasteiger partial charge in [0.05, 0.1) is 18.8 Å². The molecule has 1 heterocycles. The summed E-state index contributed by atoms with van der Waals surface area (Å²) in [5.41, 5.74) is 0. The molecule has 6 heteroatoms. The Morgan fingerprint density at radius 3 is 2.65 bits per heavy atom. The SMILES string of the molecule is CC.CC(=O)CCCCOC1CC(O)CC(COI)O1. The molecule has 0 aromatic heterocycles. The molecule has 0 spiro atoms. The molecule has 120 valence electrons. The van der Waals surface area contributed by atoms with Crippen LogP contribution in [0.1, 0.15) is 52.9 Å². The average molecular weight is 402 g/mol. The van der Waals surface area contributed by atoms with Gasteiger partial charge in [0.15, 0.2) is 6.29 Å². The number of hydrogen-bond donors (Lipinski definition) is 1. The summed E-state index contributed by atoms with van der Waals surface area (Å²) in [7, 11) is 0. The number of carbonyl (C=O) groups is 1. The fourth-order valence-electron chi connectivity index (χ4n) is 1.92. The van der Waals surface area contributed by atoms with Gasteiger partial charge < -0.3 is 22.4 Å². The maximum atomic E-state index is 10.8. The predicted octanol–water partition coefficient (Wildman–Crippen LogP) is 3.02. The second-order valence-corrected chi connectivity index (χ2v) is 5.24. The van der Waals surface area contributed by atoms with Crippen molar-refractivity contribution in [1.29, 1.82) is 0 Å². The van der Waals surface area contributed by atoms with Crippen molar-refractivity contribution in [3.8, 4) is 0 Å². The number of rotatable bonds is 8. The lowest BCUT2D eigenvalue weighted by Gasteiger charge is -2.32. The molecule has 3 atom stereocenters. The van der Waals surface area contributed by atoms with E-state index in [-0.39, 0.29) is 18.2 Å². The van der Waals surface area contributed by atoms with Crippen molar-refractivity contribution in [3.05, 3.63) is 0 Å². The van der Waals surface area contributed by atoms with E-state index in [2.05, 4.69) is 0 Å². The molecule has 0 aliphatic carbocycles. The van der Waals surface area contributed by atoms with E-state index in [1.54, 1.807) is 6.92 Å². The molecule has 0 bridgehead atoms. The Kier molecular flexibility index (Phi) is 13.1. The Labute approximate surface area is 136 Å². The van der Waals surface area contributed by atoms with E-state index in [1.165, 1.54) is 0 Å². The third-order valence-electron chi connectivity index (χ3n) is 2.82. The number of Topliss-reactive ketones (excluding diaryl/α,β-unsaturated/α-hetero) is 1. The summed E-state index contributed by atoms with van der Waals surface area (Å²) in [5.74, 6) is 0.207. The number of ether oxygens (including phenoxy) is 2. The predicted molar refractivity (Wildman–Crippen MR) is 85.7 cm³/mol. The lowest BCUT2D eigenvalue weighted by atomic mass is 10.1. The molecule has 0 saturated carbocycles. The van der Waals surface area contributed by atoms with Crippen molar-refractivity contribution < 1.29 is 22.4 Å². The zero-order chi connectivity index (χ0) is 15.4. The van der Waals surface area contributed by atoms with Crippen LogP contribution in [-0.4, -0.2) is 42.6 Å². The molecule has 0 aromatic carbocycles. The van der Waals surface area contributed by atoms with Gasteiger partial charge in [-0.1, -0.05) is 13.8 Å². The molecule has 0 radical (unpaired) electrons. The smallest absolute Gasteiger partial charge is 0.160 e. The highest BCUT2D eigenvalue weighted by atomic mass is 127. The van der Waals surface area contributed by atoms with Gasteiger partial charge in [0.2, 0.25) is 0 Å². The number of aliphatic hydroxyl groups excluding tert-OH is 1. The lowest BCUT2D eigenvalue weighted by molar-refractivity contribution is -0.218. The fourth-order valence-corrected chi connectivity index (χ4v) is 2.32. The first-order chi connectivity index (χ1) is 9.61. The largest absolute Gasteiger partial charge is 0.393 e. The minimum absolute atomic E-state index is 0.104. The van der Waals surface area contributed by atoms with E-state index >= 15 is 0 Å². The second kappa shape index (κ2) is 12.9. The molecule has 20 heavy (non-hydrogen) atoms. The number of hydrogen-bond acceptors (Lipinski definition) is 5. The van der Waals surface area contributed by atoms with Gasteiger partial charge in [0.1, 0.15) is 28.8 Å². The summed E-state index contributed by atoms with van der Waals surface area (Å²) in [6.45, 7) is 6.61. The van der Waals surface area contributed by atoms with Crippen LogP contribution in [0.5, 0.6) is 0 Å². The summed E-state index contributed by atoms with van der Waals surface area (Å²) >= 11 is 1.82. The van der Waals surface area contributed by atoms with Crippen molar-refractivity contribution in [1.82, 2.24) is 0 Å². The van der Waals surface area contributed by atoms with Crippen molar-refractivity contribution in [2.24, 2.45) is 0 Å². The van der Waals surface area contributed by atoms with E-state index in [0.717, 1.165) is 12.8 Å². The number of halogens is 1.